The van der Waals surface area contributed by atoms with Gasteiger partial charge in [0.15, 0.2) is 5.75 Å². The molecule has 0 aliphatic carbocycles. The van der Waals surface area contributed by atoms with E-state index in [2.05, 4.69) is 10.3 Å². The monoisotopic (exact) mass is 490 g/mol. The zero-order valence-corrected chi connectivity index (χ0v) is 20.4. The van der Waals surface area contributed by atoms with E-state index < -0.39 is 22.1 Å². The van der Waals surface area contributed by atoms with Crippen LogP contribution in [0.15, 0.2) is 33.9 Å². The van der Waals surface area contributed by atoms with Crippen LogP contribution in [0.25, 0.3) is 11.1 Å². The first kappa shape index (κ1) is 23.6. The maximum absolute atomic E-state index is 13.8. The Hall–Kier alpha value is -3.54. The van der Waals surface area contributed by atoms with Crippen molar-refractivity contribution in [3.8, 4) is 22.6 Å². The van der Waals surface area contributed by atoms with Crippen molar-refractivity contribution in [1.82, 2.24) is 14.9 Å². The van der Waals surface area contributed by atoms with Gasteiger partial charge in [0.1, 0.15) is 11.5 Å². The quantitative estimate of drug-likeness (QED) is 0.459. The molecule has 1 aliphatic heterocycles. The summed E-state index contributed by atoms with van der Waals surface area (Å²) in [6.45, 7) is 7.10. The average molecular weight is 491 g/mol. The number of hydrogen-bond acceptors (Lipinski definition) is 9. The Bertz CT molecular complexity index is 1310. The molecule has 0 saturated carbocycles. The Morgan fingerprint density at radius 3 is 2.65 bits per heavy atom. The summed E-state index contributed by atoms with van der Waals surface area (Å²) < 4.78 is 51.9. The summed E-state index contributed by atoms with van der Waals surface area (Å²) in [5.74, 6) is 0.274. The molecule has 0 bridgehead atoms. The van der Waals surface area contributed by atoms with E-state index in [4.69, 9.17) is 18.7 Å². The molecule has 0 saturated heterocycles. The first-order chi connectivity index (χ1) is 16.2. The third-order valence-electron chi connectivity index (χ3n) is 5.30. The second kappa shape index (κ2) is 9.01. The molecule has 3 aromatic rings. The topological polar surface area (TPSA) is 126 Å². The molecule has 1 atom stereocenters. The van der Waals surface area contributed by atoms with Crippen LogP contribution in [0.3, 0.4) is 0 Å². The highest BCUT2D eigenvalue weighted by Crippen LogP contribution is 2.42. The van der Waals surface area contributed by atoms with E-state index in [9.17, 15) is 13.2 Å². The van der Waals surface area contributed by atoms with Crippen molar-refractivity contribution in [2.75, 3.05) is 24.1 Å². The summed E-state index contributed by atoms with van der Waals surface area (Å²) >= 11 is 0. The van der Waals surface area contributed by atoms with Gasteiger partial charge >= 0.3 is 5.97 Å². The number of ether oxygens (including phenoxy) is 3. The van der Waals surface area contributed by atoms with Gasteiger partial charge in [0, 0.05) is 12.6 Å². The summed E-state index contributed by atoms with van der Waals surface area (Å²) in [4.78, 5) is 12.5. The summed E-state index contributed by atoms with van der Waals surface area (Å²) in [6.07, 6.45) is 0.340. The standard InChI is InChI=1S/C22H26N4O7S/c1-6-30-18-11-25(5)23-21(18)34(28,29)26-12-19(22(27)31-7-2)32-17-9-8-15(10-16(17)26)20-13(3)24-33-14(20)4/h8-11,19H,6-7,12H2,1-5H3. The van der Waals surface area contributed by atoms with Crippen molar-refractivity contribution < 1.29 is 31.9 Å². The normalized spacial score (nSPS) is 15.6. The van der Waals surface area contributed by atoms with E-state index in [1.54, 1.807) is 52.9 Å². The molecule has 0 fully saturated rings. The summed E-state index contributed by atoms with van der Waals surface area (Å²) in [5.41, 5.74) is 2.36. The molecule has 1 unspecified atom stereocenters. The average Bonchev–Trinajstić information content (AvgIpc) is 3.34. The molecular formula is C22H26N4O7S. The molecule has 0 N–H and O–H groups in total. The number of sulfonamides is 1. The molecule has 182 valence electrons. The number of aryl methyl sites for hydroxylation is 3. The van der Waals surface area contributed by atoms with Crippen molar-refractivity contribution in [2.24, 2.45) is 7.05 Å². The molecule has 3 heterocycles. The molecule has 0 radical (unpaired) electrons. The van der Waals surface area contributed by atoms with Gasteiger partial charge in [-0.05, 0) is 45.4 Å². The van der Waals surface area contributed by atoms with Gasteiger partial charge in [-0.25, -0.2) is 4.79 Å². The largest absolute Gasteiger partial charge is 0.489 e. The van der Waals surface area contributed by atoms with Crippen molar-refractivity contribution in [1.29, 1.82) is 0 Å². The number of anilines is 1. The van der Waals surface area contributed by atoms with Crippen LogP contribution in [0.5, 0.6) is 11.5 Å². The zero-order chi connectivity index (χ0) is 24.6. The molecule has 4 rings (SSSR count). The van der Waals surface area contributed by atoms with Crippen LogP contribution in [0.1, 0.15) is 25.3 Å². The van der Waals surface area contributed by atoms with Gasteiger partial charge in [-0.15, -0.1) is 0 Å². The van der Waals surface area contributed by atoms with Crippen LogP contribution in [-0.2, 0) is 26.6 Å². The number of nitrogens with zero attached hydrogens (tertiary/aromatic N) is 4. The molecule has 1 aromatic carbocycles. The smallest absolute Gasteiger partial charge is 0.349 e. The number of carbonyl (C=O) groups is 1. The fourth-order valence-electron chi connectivity index (χ4n) is 3.87. The highest BCUT2D eigenvalue weighted by atomic mass is 32.2. The molecule has 0 spiro atoms. The van der Waals surface area contributed by atoms with Crippen LogP contribution < -0.4 is 13.8 Å². The van der Waals surface area contributed by atoms with Crippen LogP contribution in [0.4, 0.5) is 5.69 Å². The lowest BCUT2D eigenvalue weighted by molar-refractivity contribution is -0.151. The molecule has 1 aliphatic rings. The Balaban J connectivity index is 1.87. The van der Waals surface area contributed by atoms with Gasteiger partial charge in [0.2, 0.25) is 11.1 Å². The summed E-state index contributed by atoms with van der Waals surface area (Å²) in [6, 6.07) is 5.05. The second-order valence-corrected chi connectivity index (χ2v) is 9.46. The summed E-state index contributed by atoms with van der Waals surface area (Å²) in [5, 5.41) is 7.86. The van der Waals surface area contributed by atoms with E-state index in [0.29, 0.717) is 17.0 Å². The van der Waals surface area contributed by atoms with Crippen LogP contribution in [0, 0.1) is 13.8 Å². The number of rotatable bonds is 7. The first-order valence-corrected chi connectivity index (χ1v) is 12.2. The number of carbonyl (C=O) groups excluding carboxylic acids is 1. The van der Waals surface area contributed by atoms with Gasteiger partial charge in [-0.2, -0.15) is 13.5 Å². The van der Waals surface area contributed by atoms with E-state index in [1.165, 1.54) is 10.9 Å². The maximum Gasteiger partial charge on any atom is 0.349 e. The Morgan fingerprint density at radius 1 is 1.24 bits per heavy atom. The second-order valence-electron chi connectivity index (χ2n) is 7.68. The Kier molecular flexibility index (Phi) is 6.26. The Morgan fingerprint density at radius 2 is 2.00 bits per heavy atom. The minimum absolute atomic E-state index is 0.118. The molecule has 12 heteroatoms. The SMILES string of the molecule is CCOC(=O)C1CN(S(=O)(=O)c2nn(C)cc2OCC)c2cc(-c3c(C)noc3C)ccc2O1. The predicted molar refractivity (Wildman–Crippen MR) is 121 cm³/mol. The maximum atomic E-state index is 13.8. The number of aromatic nitrogens is 3. The zero-order valence-electron chi connectivity index (χ0n) is 19.6. The van der Waals surface area contributed by atoms with E-state index in [0.717, 1.165) is 9.87 Å². The van der Waals surface area contributed by atoms with Crippen molar-refractivity contribution >= 4 is 21.7 Å². The number of hydrogen-bond donors (Lipinski definition) is 0. The first-order valence-electron chi connectivity index (χ1n) is 10.8. The predicted octanol–water partition coefficient (Wildman–Crippen LogP) is 2.61. The van der Waals surface area contributed by atoms with Crippen molar-refractivity contribution in [3.63, 3.8) is 0 Å². The molecule has 0 amide bonds. The van der Waals surface area contributed by atoms with Crippen LogP contribution in [-0.4, -0.2) is 55.2 Å². The number of esters is 1. The number of benzene rings is 1. The molecular weight excluding hydrogens is 464 g/mol. The fourth-order valence-corrected chi connectivity index (χ4v) is 5.41. The fraction of sp³-hybridized carbons (Fsp3) is 0.409. The Labute approximate surface area is 197 Å². The third kappa shape index (κ3) is 4.09. The van der Waals surface area contributed by atoms with E-state index in [-0.39, 0.29) is 42.0 Å². The minimum atomic E-state index is -4.25. The van der Waals surface area contributed by atoms with Gasteiger partial charge in [0.25, 0.3) is 10.0 Å². The van der Waals surface area contributed by atoms with Gasteiger partial charge in [0.05, 0.1) is 37.3 Å². The van der Waals surface area contributed by atoms with Gasteiger partial charge in [-0.1, -0.05) is 11.2 Å². The van der Waals surface area contributed by atoms with Gasteiger partial charge in [-0.3, -0.25) is 8.99 Å². The minimum Gasteiger partial charge on any atom is -0.489 e. The lowest BCUT2D eigenvalue weighted by Crippen LogP contribution is -2.47. The highest BCUT2D eigenvalue weighted by Gasteiger charge is 2.41. The third-order valence-corrected chi connectivity index (χ3v) is 7.00. The molecule has 11 nitrogen and oxygen atoms in total. The highest BCUT2D eigenvalue weighted by molar-refractivity contribution is 7.92. The molecule has 34 heavy (non-hydrogen) atoms. The van der Waals surface area contributed by atoms with Gasteiger partial charge < -0.3 is 18.7 Å². The van der Waals surface area contributed by atoms with E-state index in [1.807, 2.05) is 0 Å². The van der Waals surface area contributed by atoms with Crippen molar-refractivity contribution in [3.05, 3.63) is 35.9 Å². The van der Waals surface area contributed by atoms with Crippen molar-refractivity contribution in [2.45, 2.75) is 38.8 Å². The number of fused-ring (bicyclic) bond motifs is 1. The molecule has 2 aromatic heterocycles. The lowest BCUT2D eigenvalue weighted by atomic mass is 10.0. The van der Waals surface area contributed by atoms with Crippen LogP contribution in [0.2, 0.25) is 0 Å². The van der Waals surface area contributed by atoms with E-state index >= 15 is 0 Å². The lowest BCUT2D eigenvalue weighted by Gasteiger charge is -2.34. The summed E-state index contributed by atoms with van der Waals surface area (Å²) in [7, 11) is -2.64. The van der Waals surface area contributed by atoms with Crippen LogP contribution >= 0.6 is 0 Å².